The van der Waals surface area contributed by atoms with E-state index < -0.39 is 0 Å². The summed E-state index contributed by atoms with van der Waals surface area (Å²) in [5.74, 6) is 0.861. The molecule has 1 atom stereocenters. The third-order valence-corrected chi connectivity index (χ3v) is 3.10. The minimum Gasteiger partial charge on any atom is -0.493 e. The summed E-state index contributed by atoms with van der Waals surface area (Å²) >= 11 is 0. The first-order valence-corrected chi connectivity index (χ1v) is 6.63. The molecule has 1 heterocycles. The van der Waals surface area contributed by atoms with Gasteiger partial charge in [-0.15, -0.1) is 0 Å². The zero-order valence-corrected chi connectivity index (χ0v) is 11.5. The van der Waals surface area contributed by atoms with Crippen LogP contribution in [0.3, 0.4) is 0 Å². The molecule has 0 radical (unpaired) electrons. The minimum atomic E-state index is -0.207. The van der Waals surface area contributed by atoms with E-state index >= 15 is 0 Å². The van der Waals surface area contributed by atoms with Gasteiger partial charge in [0.05, 0.1) is 12.6 Å². The summed E-state index contributed by atoms with van der Waals surface area (Å²) in [4.78, 5) is 4.30. The maximum absolute atomic E-state index is 6.37. The summed E-state index contributed by atoms with van der Waals surface area (Å²) in [5.41, 5.74) is 9.37. The van der Waals surface area contributed by atoms with Gasteiger partial charge in [-0.2, -0.15) is 0 Å². The van der Waals surface area contributed by atoms with Crippen LogP contribution in [-0.2, 0) is 0 Å². The van der Waals surface area contributed by atoms with Gasteiger partial charge in [-0.3, -0.25) is 4.98 Å². The van der Waals surface area contributed by atoms with Crippen LogP contribution in [0.15, 0.2) is 42.6 Å². The van der Waals surface area contributed by atoms with E-state index in [2.05, 4.69) is 11.9 Å². The van der Waals surface area contributed by atoms with Crippen molar-refractivity contribution in [1.82, 2.24) is 4.98 Å². The van der Waals surface area contributed by atoms with E-state index in [4.69, 9.17) is 10.5 Å². The highest BCUT2D eigenvalue weighted by Crippen LogP contribution is 2.29. The van der Waals surface area contributed by atoms with Gasteiger partial charge in [0.2, 0.25) is 0 Å². The van der Waals surface area contributed by atoms with Crippen LogP contribution in [0.2, 0.25) is 0 Å². The topological polar surface area (TPSA) is 48.1 Å². The van der Waals surface area contributed by atoms with E-state index in [0.717, 1.165) is 29.0 Å². The molecule has 0 spiro atoms. The first kappa shape index (κ1) is 13.6. The molecule has 0 fully saturated rings. The molecule has 2 aromatic rings. The number of hydrogen-bond donors (Lipinski definition) is 1. The van der Waals surface area contributed by atoms with Gasteiger partial charge in [-0.05, 0) is 31.0 Å². The number of rotatable bonds is 5. The molecule has 0 saturated heterocycles. The van der Waals surface area contributed by atoms with Crippen LogP contribution >= 0.6 is 0 Å². The molecular weight excluding hydrogens is 236 g/mol. The van der Waals surface area contributed by atoms with Gasteiger partial charge in [-0.1, -0.05) is 31.2 Å². The van der Waals surface area contributed by atoms with Crippen molar-refractivity contribution in [1.29, 1.82) is 0 Å². The molecule has 1 aromatic carbocycles. The second-order valence-corrected chi connectivity index (χ2v) is 4.54. The lowest BCUT2D eigenvalue weighted by atomic mass is 9.98. The molecule has 0 aliphatic rings. The molecule has 0 amide bonds. The van der Waals surface area contributed by atoms with Crippen LogP contribution < -0.4 is 10.5 Å². The first-order valence-electron chi connectivity index (χ1n) is 6.63. The molecule has 2 N–H and O–H groups in total. The van der Waals surface area contributed by atoms with Crippen molar-refractivity contribution in [3.8, 4) is 5.75 Å². The standard InChI is InChI=1S/C16H20N2O/c1-3-11-19-15-9-5-4-7-14(15)16(17)13-8-6-10-18-12(13)2/h4-10,16H,3,11,17H2,1-2H3. The van der Waals surface area contributed by atoms with E-state index in [9.17, 15) is 0 Å². The number of aryl methyl sites for hydroxylation is 1. The fraction of sp³-hybridized carbons (Fsp3) is 0.312. The smallest absolute Gasteiger partial charge is 0.124 e. The van der Waals surface area contributed by atoms with E-state index in [-0.39, 0.29) is 6.04 Å². The largest absolute Gasteiger partial charge is 0.493 e. The predicted octanol–water partition coefficient (Wildman–Crippen LogP) is 3.23. The number of pyridine rings is 1. The quantitative estimate of drug-likeness (QED) is 0.893. The first-order chi connectivity index (χ1) is 9.24. The Kier molecular flexibility index (Phi) is 4.53. The van der Waals surface area contributed by atoms with Gasteiger partial charge in [-0.25, -0.2) is 0 Å². The molecule has 0 aliphatic carbocycles. The summed E-state index contributed by atoms with van der Waals surface area (Å²) in [7, 11) is 0. The number of aromatic nitrogens is 1. The Labute approximate surface area is 114 Å². The second kappa shape index (κ2) is 6.34. The number of ether oxygens (including phenoxy) is 1. The number of hydrogen-bond acceptors (Lipinski definition) is 3. The predicted molar refractivity (Wildman–Crippen MR) is 77.2 cm³/mol. The van der Waals surface area contributed by atoms with Crippen LogP contribution in [0.4, 0.5) is 0 Å². The second-order valence-electron chi connectivity index (χ2n) is 4.54. The number of para-hydroxylation sites is 1. The lowest BCUT2D eigenvalue weighted by Crippen LogP contribution is -2.15. The SMILES string of the molecule is CCCOc1ccccc1C(N)c1cccnc1C. The Hall–Kier alpha value is -1.87. The maximum atomic E-state index is 6.37. The summed E-state index contributed by atoms with van der Waals surface area (Å²) in [6, 6.07) is 11.7. The van der Waals surface area contributed by atoms with Gasteiger partial charge in [0.25, 0.3) is 0 Å². The van der Waals surface area contributed by atoms with Crippen molar-refractivity contribution in [2.45, 2.75) is 26.3 Å². The van der Waals surface area contributed by atoms with Gasteiger partial charge in [0.15, 0.2) is 0 Å². The summed E-state index contributed by atoms with van der Waals surface area (Å²) in [6.45, 7) is 4.77. The molecular formula is C16H20N2O. The molecule has 0 saturated carbocycles. The monoisotopic (exact) mass is 256 g/mol. The summed E-state index contributed by atoms with van der Waals surface area (Å²) in [5, 5.41) is 0. The zero-order chi connectivity index (χ0) is 13.7. The summed E-state index contributed by atoms with van der Waals surface area (Å²) in [6.07, 6.45) is 2.76. The molecule has 100 valence electrons. The number of nitrogens with two attached hydrogens (primary N) is 1. The lowest BCUT2D eigenvalue weighted by Gasteiger charge is -2.18. The average molecular weight is 256 g/mol. The van der Waals surface area contributed by atoms with E-state index in [1.807, 2.05) is 43.3 Å². The number of nitrogens with zero attached hydrogens (tertiary/aromatic N) is 1. The highest BCUT2D eigenvalue weighted by Gasteiger charge is 2.15. The van der Waals surface area contributed by atoms with Crippen LogP contribution in [-0.4, -0.2) is 11.6 Å². The van der Waals surface area contributed by atoms with Gasteiger partial charge < -0.3 is 10.5 Å². The average Bonchev–Trinajstić information content (AvgIpc) is 2.45. The molecule has 1 aromatic heterocycles. The van der Waals surface area contributed by atoms with Crippen molar-refractivity contribution >= 4 is 0 Å². The number of benzene rings is 1. The van der Waals surface area contributed by atoms with Crippen molar-refractivity contribution in [2.75, 3.05) is 6.61 Å². The maximum Gasteiger partial charge on any atom is 0.124 e. The van der Waals surface area contributed by atoms with E-state index in [1.54, 1.807) is 6.20 Å². The van der Waals surface area contributed by atoms with E-state index in [0.29, 0.717) is 6.61 Å². The molecule has 3 heteroatoms. The summed E-state index contributed by atoms with van der Waals surface area (Å²) < 4.78 is 5.77. The van der Waals surface area contributed by atoms with Gasteiger partial charge in [0.1, 0.15) is 5.75 Å². The normalized spacial score (nSPS) is 12.2. The van der Waals surface area contributed by atoms with Crippen molar-refractivity contribution in [2.24, 2.45) is 5.73 Å². The minimum absolute atomic E-state index is 0.207. The molecule has 19 heavy (non-hydrogen) atoms. The van der Waals surface area contributed by atoms with Crippen molar-refractivity contribution in [3.63, 3.8) is 0 Å². The zero-order valence-electron chi connectivity index (χ0n) is 11.5. The highest BCUT2D eigenvalue weighted by molar-refractivity contribution is 5.42. The fourth-order valence-electron chi connectivity index (χ4n) is 2.07. The van der Waals surface area contributed by atoms with Crippen LogP contribution in [0.25, 0.3) is 0 Å². The van der Waals surface area contributed by atoms with Crippen molar-refractivity contribution < 1.29 is 4.74 Å². The third kappa shape index (κ3) is 3.12. The Balaban J connectivity index is 2.33. The molecule has 3 nitrogen and oxygen atoms in total. The molecule has 1 unspecified atom stereocenters. The fourth-order valence-corrected chi connectivity index (χ4v) is 2.07. The van der Waals surface area contributed by atoms with Gasteiger partial charge >= 0.3 is 0 Å². The van der Waals surface area contributed by atoms with Crippen LogP contribution in [0.5, 0.6) is 5.75 Å². The molecule has 0 bridgehead atoms. The van der Waals surface area contributed by atoms with Crippen LogP contribution in [0, 0.1) is 6.92 Å². The van der Waals surface area contributed by atoms with E-state index in [1.165, 1.54) is 0 Å². The molecule has 2 rings (SSSR count). The Morgan fingerprint density at radius 2 is 1.89 bits per heavy atom. The van der Waals surface area contributed by atoms with Crippen LogP contribution in [0.1, 0.15) is 36.2 Å². The Morgan fingerprint density at radius 3 is 2.63 bits per heavy atom. The van der Waals surface area contributed by atoms with Crippen molar-refractivity contribution in [3.05, 3.63) is 59.4 Å². The van der Waals surface area contributed by atoms with Gasteiger partial charge in [0, 0.05) is 17.5 Å². The Bertz CT molecular complexity index is 540. The Morgan fingerprint density at radius 1 is 1.16 bits per heavy atom. The third-order valence-electron chi connectivity index (χ3n) is 3.10. The molecule has 0 aliphatic heterocycles. The lowest BCUT2D eigenvalue weighted by molar-refractivity contribution is 0.313. The highest BCUT2D eigenvalue weighted by atomic mass is 16.5.